The van der Waals surface area contributed by atoms with E-state index >= 15 is 0 Å². The standard InChI is InChI=1S/C14H18N4O2/c1-2-20-13-5-3-12(4-6-13)11-14(19)15-9-10-18-16-7-8-17-18/h3-8H,2,9-11H2,1H3,(H,15,19). The largest absolute Gasteiger partial charge is 0.494 e. The number of ether oxygens (including phenoxy) is 1. The number of rotatable bonds is 7. The van der Waals surface area contributed by atoms with Gasteiger partial charge in [-0.15, -0.1) is 0 Å². The Kier molecular flexibility index (Phi) is 5.11. The monoisotopic (exact) mass is 274 g/mol. The second-order valence-electron chi connectivity index (χ2n) is 4.23. The van der Waals surface area contributed by atoms with Crippen LogP contribution in [0.1, 0.15) is 12.5 Å². The van der Waals surface area contributed by atoms with E-state index in [1.165, 1.54) is 4.80 Å². The number of carbonyl (C=O) groups is 1. The molecule has 0 fully saturated rings. The van der Waals surface area contributed by atoms with Crippen molar-refractivity contribution in [3.05, 3.63) is 42.2 Å². The molecule has 1 aromatic heterocycles. The Balaban J connectivity index is 1.73. The smallest absolute Gasteiger partial charge is 0.224 e. The van der Waals surface area contributed by atoms with E-state index in [2.05, 4.69) is 15.5 Å². The molecular weight excluding hydrogens is 256 g/mol. The van der Waals surface area contributed by atoms with Crippen LogP contribution in [0.2, 0.25) is 0 Å². The molecule has 1 heterocycles. The number of nitrogens with zero attached hydrogens (tertiary/aromatic N) is 3. The minimum atomic E-state index is -0.0127. The molecule has 1 aromatic carbocycles. The van der Waals surface area contributed by atoms with Gasteiger partial charge in [-0.05, 0) is 24.6 Å². The van der Waals surface area contributed by atoms with Gasteiger partial charge in [-0.3, -0.25) is 4.79 Å². The molecule has 6 heteroatoms. The molecule has 0 spiro atoms. The number of nitrogens with one attached hydrogen (secondary N) is 1. The zero-order valence-corrected chi connectivity index (χ0v) is 11.5. The van der Waals surface area contributed by atoms with Gasteiger partial charge < -0.3 is 10.1 Å². The molecule has 20 heavy (non-hydrogen) atoms. The maximum atomic E-state index is 11.8. The van der Waals surface area contributed by atoms with Gasteiger partial charge in [0.1, 0.15) is 5.75 Å². The van der Waals surface area contributed by atoms with Crippen LogP contribution in [0.5, 0.6) is 5.75 Å². The van der Waals surface area contributed by atoms with Gasteiger partial charge in [-0.1, -0.05) is 12.1 Å². The molecule has 0 aliphatic rings. The number of hydrogen-bond donors (Lipinski definition) is 1. The summed E-state index contributed by atoms with van der Waals surface area (Å²) >= 11 is 0. The number of aromatic nitrogens is 3. The molecule has 2 rings (SSSR count). The van der Waals surface area contributed by atoms with Gasteiger partial charge in [-0.25, -0.2) is 0 Å². The fourth-order valence-corrected chi connectivity index (χ4v) is 1.77. The van der Waals surface area contributed by atoms with Crippen LogP contribution in [0.15, 0.2) is 36.7 Å². The van der Waals surface area contributed by atoms with Crippen LogP contribution < -0.4 is 10.1 Å². The number of carbonyl (C=O) groups excluding carboxylic acids is 1. The molecule has 0 radical (unpaired) electrons. The first-order valence-corrected chi connectivity index (χ1v) is 6.60. The fourth-order valence-electron chi connectivity index (χ4n) is 1.77. The third-order valence-electron chi connectivity index (χ3n) is 2.70. The highest BCUT2D eigenvalue weighted by Gasteiger charge is 2.03. The second kappa shape index (κ2) is 7.28. The molecule has 1 amide bonds. The predicted octanol–water partition coefficient (Wildman–Crippen LogP) is 1.04. The van der Waals surface area contributed by atoms with Crippen LogP contribution in [0, 0.1) is 0 Å². The minimum Gasteiger partial charge on any atom is -0.494 e. The lowest BCUT2D eigenvalue weighted by Gasteiger charge is -2.06. The molecule has 1 N–H and O–H groups in total. The van der Waals surface area contributed by atoms with Crippen molar-refractivity contribution in [2.45, 2.75) is 19.9 Å². The maximum absolute atomic E-state index is 11.8. The number of amides is 1. The summed E-state index contributed by atoms with van der Waals surface area (Å²) < 4.78 is 5.35. The second-order valence-corrected chi connectivity index (χ2v) is 4.23. The first-order chi connectivity index (χ1) is 9.78. The van der Waals surface area contributed by atoms with E-state index in [9.17, 15) is 4.79 Å². The Labute approximate surface area is 117 Å². The van der Waals surface area contributed by atoms with E-state index in [-0.39, 0.29) is 5.91 Å². The summed E-state index contributed by atoms with van der Waals surface area (Å²) in [6.45, 7) is 3.67. The predicted molar refractivity (Wildman–Crippen MR) is 74.3 cm³/mol. The van der Waals surface area contributed by atoms with Crippen LogP contribution in [-0.2, 0) is 17.8 Å². The highest BCUT2D eigenvalue weighted by Crippen LogP contribution is 2.12. The van der Waals surface area contributed by atoms with E-state index < -0.39 is 0 Å². The zero-order chi connectivity index (χ0) is 14.2. The molecule has 0 bridgehead atoms. The van der Waals surface area contributed by atoms with E-state index in [1.807, 2.05) is 31.2 Å². The average Bonchev–Trinajstić information content (AvgIpc) is 2.94. The highest BCUT2D eigenvalue weighted by molar-refractivity contribution is 5.78. The summed E-state index contributed by atoms with van der Waals surface area (Å²) in [4.78, 5) is 13.3. The van der Waals surface area contributed by atoms with Crippen LogP contribution >= 0.6 is 0 Å². The topological polar surface area (TPSA) is 69.0 Å². The SMILES string of the molecule is CCOc1ccc(CC(=O)NCCn2nccn2)cc1. The van der Waals surface area contributed by atoms with Gasteiger partial charge in [0.15, 0.2) is 0 Å². The van der Waals surface area contributed by atoms with E-state index in [0.29, 0.717) is 26.1 Å². The molecule has 0 unspecified atom stereocenters. The van der Waals surface area contributed by atoms with Gasteiger partial charge in [0, 0.05) is 6.54 Å². The minimum absolute atomic E-state index is 0.0127. The van der Waals surface area contributed by atoms with Crippen LogP contribution in [0.25, 0.3) is 0 Å². The van der Waals surface area contributed by atoms with Crippen molar-refractivity contribution in [1.29, 1.82) is 0 Å². The van der Waals surface area contributed by atoms with Crippen LogP contribution in [0.4, 0.5) is 0 Å². The Morgan fingerprint density at radius 1 is 1.25 bits per heavy atom. The lowest BCUT2D eigenvalue weighted by atomic mass is 10.1. The first-order valence-electron chi connectivity index (χ1n) is 6.60. The Bertz CT molecular complexity index is 523. The first kappa shape index (κ1) is 14.0. The molecule has 6 nitrogen and oxygen atoms in total. The normalized spacial score (nSPS) is 10.2. The van der Waals surface area contributed by atoms with Gasteiger partial charge in [-0.2, -0.15) is 15.0 Å². The third-order valence-corrected chi connectivity index (χ3v) is 2.70. The van der Waals surface area contributed by atoms with Gasteiger partial charge >= 0.3 is 0 Å². The van der Waals surface area contributed by atoms with Crippen molar-refractivity contribution >= 4 is 5.91 Å². The van der Waals surface area contributed by atoms with Gasteiger partial charge in [0.05, 0.1) is 32.0 Å². The molecule has 0 aliphatic carbocycles. The van der Waals surface area contributed by atoms with Crippen LogP contribution in [0.3, 0.4) is 0 Å². The summed E-state index contributed by atoms with van der Waals surface area (Å²) in [6.07, 6.45) is 3.59. The van der Waals surface area contributed by atoms with Crippen molar-refractivity contribution in [3.8, 4) is 5.75 Å². The molecule has 0 atom stereocenters. The highest BCUT2D eigenvalue weighted by atomic mass is 16.5. The zero-order valence-electron chi connectivity index (χ0n) is 11.5. The van der Waals surface area contributed by atoms with Gasteiger partial charge in [0.25, 0.3) is 0 Å². The van der Waals surface area contributed by atoms with E-state index in [0.717, 1.165) is 11.3 Å². The molecule has 0 aliphatic heterocycles. The summed E-state index contributed by atoms with van der Waals surface area (Å²) in [6, 6.07) is 7.55. The van der Waals surface area contributed by atoms with E-state index in [1.54, 1.807) is 12.4 Å². The molecule has 106 valence electrons. The molecule has 0 saturated carbocycles. The summed E-state index contributed by atoms with van der Waals surface area (Å²) in [7, 11) is 0. The van der Waals surface area contributed by atoms with Crippen molar-refractivity contribution in [2.24, 2.45) is 0 Å². The summed E-state index contributed by atoms with van der Waals surface area (Å²) in [5.74, 6) is 0.808. The van der Waals surface area contributed by atoms with Crippen molar-refractivity contribution in [3.63, 3.8) is 0 Å². The average molecular weight is 274 g/mol. The number of hydrogen-bond acceptors (Lipinski definition) is 4. The summed E-state index contributed by atoms with van der Waals surface area (Å²) in [5, 5.41) is 10.8. The van der Waals surface area contributed by atoms with Crippen molar-refractivity contribution in [1.82, 2.24) is 20.3 Å². The molecular formula is C14H18N4O2. The quantitative estimate of drug-likeness (QED) is 0.819. The third kappa shape index (κ3) is 4.38. The Morgan fingerprint density at radius 3 is 2.60 bits per heavy atom. The molecule has 0 saturated heterocycles. The van der Waals surface area contributed by atoms with Gasteiger partial charge in [0.2, 0.25) is 5.91 Å². The Hall–Kier alpha value is -2.37. The Morgan fingerprint density at radius 2 is 1.95 bits per heavy atom. The maximum Gasteiger partial charge on any atom is 0.224 e. The lowest BCUT2D eigenvalue weighted by molar-refractivity contribution is -0.120. The van der Waals surface area contributed by atoms with Crippen molar-refractivity contribution in [2.75, 3.05) is 13.2 Å². The fraction of sp³-hybridized carbons (Fsp3) is 0.357. The van der Waals surface area contributed by atoms with Crippen LogP contribution in [-0.4, -0.2) is 34.1 Å². The van der Waals surface area contributed by atoms with E-state index in [4.69, 9.17) is 4.74 Å². The lowest BCUT2D eigenvalue weighted by Crippen LogP contribution is -2.29. The molecule has 2 aromatic rings. The number of benzene rings is 1. The van der Waals surface area contributed by atoms with Crippen molar-refractivity contribution < 1.29 is 9.53 Å². The summed E-state index contributed by atoms with van der Waals surface area (Å²) in [5.41, 5.74) is 0.961.